The van der Waals surface area contributed by atoms with Gasteiger partial charge in [-0.05, 0) is 38.3 Å². The molecule has 2 aromatic rings. The minimum atomic E-state index is -0.230. The summed E-state index contributed by atoms with van der Waals surface area (Å²) in [4.78, 5) is 20.6. The second kappa shape index (κ2) is 7.02. The number of carbonyl (C=O) groups is 1. The molecule has 0 aliphatic heterocycles. The molecule has 0 aliphatic carbocycles. The van der Waals surface area contributed by atoms with Gasteiger partial charge in [-0.3, -0.25) is 4.79 Å². The lowest BCUT2D eigenvalue weighted by molar-refractivity contribution is 0.102. The molecule has 0 saturated carbocycles. The third kappa shape index (κ3) is 3.81. The van der Waals surface area contributed by atoms with E-state index in [0.29, 0.717) is 17.6 Å². The van der Waals surface area contributed by atoms with Crippen LogP contribution in [-0.2, 0) is 0 Å². The molecular weight excluding hydrogens is 276 g/mol. The summed E-state index contributed by atoms with van der Waals surface area (Å²) in [5.41, 5.74) is 3.24. The molecule has 2 N–H and O–H groups in total. The number of nitrogens with one attached hydrogen (secondary N) is 2. The summed E-state index contributed by atoms with van der Waals surface area (Å²) in [7, 11) is 0. The van der Waals surface area contributed by atoms with Crippen molar-refractivity contribution in [1.82, 2.24) is 9.97 Å². The second-order valence-electron chi connectivity index (χ2n) is 5.46. The van der Waals surface area contributed by atoms with E-state index in [1.54, 1.807) is 6.07 Å². The molecule has 1 amide bonds. The largest absolute Gasteiger partial charge is 0.368 e. The lowest BCUT2D eigenvalue weighted by Gasteiger charge is -2.13. The van der Waals surface area contributed by atoms with E-state index in [1.165, 1.54) is 6.33 Å². The van der Waals surface area contributed by atoms with E-state index < -0.39 is 0 Å². The summed E-state index contributed by atoms with van der Waals surface area (Å²) in [6, 6.07) is 7.88. The van der Waals surface area contributed by atoms with Crippen molar-refractivity contribution < 1.29 is 4.79 Å². The minimum Gasteiger partial charge on any atom is -0.368 e. The summed E-state index contributed by atoms with van der Waals surface area (Å²) in [5, 5.41) is 6.17. The van der Waals surface area contributed by atoms with E-state index in [4.69, 9.17) is 0 Å². The number of benzene rings is 1. The summed E-state index contributed by atoms with van der Waals surface area (Å²) >= 11 is 0. The van der Waals surface area contributed by atoms with Crippen LogP contribution in [0.4, 0.5) is 11.5 Å². The Kier molecular flexibility index (Phi) is 5.09. The first-order valence-electron chi connectivity index (χ1n) is 7.47. The Morgan fingerprint density at radius 1 is 1.23 bits per heavy atom. The Balaban J connectivity index is 2.18. The van der Waals surface area contributed by atoms with Crippen molar-refractivity contribution >= 4 is 17.4 Å². The van der Waals surface area contributed by atoms with Crippen LogP contribution in [0.1, 0.15) is 41.9 Å². The number of carbonyl (C=O) groups excluding carboxylic acids is 1. The standard InChI is InChI=1S/C17H22N4O/c1-5-13(4)20-15-9-14(18-10-19-15)17(22)21-16-11(2)7-6-8-12(16)3/h6-10,13H,5H2,1-4H3,(H,21,22)(H,18,19,20). The topological polar surface area (TPSA) is 66.9 Å². The molecule has 0 bridgehead atoms. The van der Waals surface area contributed by atoms with E-state index in [1.807, 2.05) is 32.0 Å². The van der Waals surface area contributed by atoms with Gasteiger partial charge in [-0.25, -0.2) is 9.97 Å². The van der Waals surface area contributed by atoms with Crippen molar-refractivity contribution in [1.29, 1.82) is 0 Å². The first kappa shape index (κ1) is 15.9. The average molecular weight is 298 g/mol. The molecule has 0 spiro atoms. The number of aromatic nitrogens is 2. The Morgan fingerprint density at radius 3 is 2.55 bits per heavy atom. The van der Waals surface area contributed by atoms with E-state index >= 15 is 0 Å². The zero-order valence-corrected chi connectivity index (χ0v) is 13.5. The number of amides is 1. The van der Waals surface area contributed by atoms with Crippen LogP contribution in [0.15, 0.2) is 30.6 Å². The maximum Gasteiger partial charge on any atom is 0.274 e. The van der Waals surface area contributed by atoms with E-state index in [9.17, 15) is 4.79 Å². The summed E-state index contributed by atoms with van der Waals surface area (Å²) in [5.74, 6) is 0.433. The van der Waals surface area contributed by atoms with Gasteiger partial charge in [-0.2, -0.15) is 0 Å². The van der Waals surface area contributed by atoms with Crippen LogP contribution in [0.5, 0.6) is 0 Å². The molecule has 0 saturated heterocycles. The molecule has 5 heteroatoms. The van der Waals surface area contributed by atoms with Gasteiger partial charge in [0.05, 0.1) is 0 Å². The smallest absolute Gasteiger partial charge is 0.274 e. The third-order valence-corrected chi connectivity index (χ3v) is 3.63. The Bertz CT molecular complexity index is 649. The number of para-hydroxylation sites is 1. The van der Waals surface area contributed by atoms with Crippen molar-refractivity contribution in [3.8, 4) is 0 Å². The molecule has 5 nitrogen and oxygen atoms in total. The van der Waals surface area contributed by atoms with Gasteiger partial charge < -0.3 is 10.6 Å². The molecule has 1 unspecified atom stereocenters. The maximum absolute atomic E-state index is 12.4. The number of hydrogen-bond acceptors (Lipinski definition) is 4. The monoisotopic (exact) mass is 298 g/mol. The molecule has 116 valence electrons. The summed E-state index contributed by atoms with van der Waals surface area (Å²) in [6.07, 6.45) is 2.39. The molecule has 1 heterocycles. The highest BCUT2D eigenvalue weighted by molar-refractivity contribution is 6.04. The molecule has 2 rings (SSSR count). The minimum absolute atomic E-state index is 0.230. The SMILES string of the molecule is CCC(C)Nc1cc(C(=O)Nc2c(C)cccc2C)ncn1. The number of nitrogens with zero attached hydrogens (tertiary/aromatic N) is 2. The van der Waals surface area contributed by atoms with Crippen molar-refractivity contribution in [2.75, 3.05) is 10.6 Å². The number of rotatable bonds is 5. The highest BCUT2D eigenvalue weighted by Crippen LogP contribution is 2.20. The van der Waals surface area contributed by atoms with Gasteiger partial charge in [0.15, 0.2) is 0 Å². The number of aryl methyl sites for hydroxylation is 2. The zero-order valence-electron chi connectivity index (χ0n) is 13.5. The van der Waals surface area contributed by atoms with E-state index in [-0.39, 0.29) is 5.91 Å². The summed E-state index contributed by atoms with van der Waals surface area (Å²) in [6.45, 7) is 8.10. The fourth-order valence-electron chi connectivity index (χ4n) is 2.10. The van der Waals surface area contributed by atoms with Gasteiger partial charge in [0, 0.05) is 17.8 Å². The molecule has 0 aliphatic rings. The normalized spacial score (nSPS) is 11.8. The molecular formula is C17H22N4O. The molecule has 1 atom stereocenters. The third-order valence-electron chi connectivity index (χ3n) is 3.63. The summed E-state index contributed by atoms with van der Waals surface area (Å²) < 4.78 is 0. The van der Waals surface area contributed by atoms with Crippen LogP contribution < -0.4 is 10.6 Å². The quantitative estimate of drug-likeness (QED) is 0.885. The van der Waals surface area contributed by atoms with Gasteiger partial charge >= 0.3 is 0 Å². The number of hydrogen-bond donors (Lipinski definition) is 2. The van der Waals surface area contributed by atoms with Crippen molar-refractivity contribution in [2.24, 2.45) is 0 Å². The zero-order chi connectivity index (χ0) is 16.1. The van der Waals surface area contributed by atoms with Crippen molar-refractivity contribution in [3.05, 3.63) is 47.4 Å². The van der Waals surface area contributed by atoms with Gasteiger partial charge in [0.2, 0.25) is 0 Å². The van der Waals surface area contributed by atoms with Crippen molar-refractivity contribution in [2.45, 2.75) is 40.2 Å². The number of anilines is 2. The van der Waals surface area contributed by atoms with Crippen LogP contribution in [0, 0.1) is 13.8 Å². The predicted molar refractivity (Wildman–Crippen MR) is 89.3 cm³/mol. The van der Waals surface area contributed by atoms with Crippen LogP contribution in [-0.4, -0.2) is 21.9 Å². The van der Waals surface area contributed by atoms with Crippen molar-refractivity contribution in [3.63, 3.8) is 0 Å². The molecule has 1 aromatic heterocycles. The van der Waals surface area contributed by atoms with E-state index in [0.717, 1.165) is 23.2 Å². The van der Waals surface area contributed by atoms with Gasteiger partial charge in [0.25, 0.3) is 5.91 Å². The molecule has 22 heavy (non-hydrogen) atoms. The Morgan fingerprint density at radius 2 is 1.91 bits per heavy atom. The molecule has 0 radical (unpaired) electrons. The van der Waals surface area contributed by atoms with Gasteiger partial charge in [0.1, 0.15) is 17.8 Å². The lowest BCUT2D eigenvalue weighted by Crippen LogP contribution is -2.18. The maximum atomic E-state index is 12.4. The fraction of sp³-hybridized carbons (Fsp3) is 0.353. The molecule has 0 fully saturated rings. The molecule has 1 aromatic carbocycles. The van der Waals surface area contributed by atoms with Crippen LogP contribution in [0.2, 0.25) is 0 Å². The first-order chi connectivity index (χ1) is 10.5. The highest BCUT2D eigenvalue weighted by atomic mass is 16.1. The van der Waals surface area contributed by atoms with Gasteiger partial charge in [-0.1, -0.05) is 25.1 Å². The predicted octanol–water partition coefficient (Wildman–Crippen LogP) is 3.56. The Hall–Kier alpha value is -2.43. The van der Waals surface area contributed by atoms with Crippen LogP contribution in [0.25, 0.3) is 0 Å². The second-order valence-corrected chi connectivity index (χ2v) is 5.46. The average Bonchev–Trinajstić information content (AvgIpc) is 2.51. The van der Waals surface area contributed by atoms with Crippen LogP contribution in [0.3, 0.4) is 0 Å². The highest BCUT2D eigenvalue weighted by Gasteiger charge is 2.12. The fourth-order valence-corrected chi connectivity index (χ4v) is 2.10. The van der Waals surface area contributed by atoms with Crippen LogP contribution >= 0.6 is 0 Å². The lowest BCUT2D eigenvalue weighted by atomic mass is 10.1. The van der Waals surface area contributed by atoms with Gasteiger partial charge in [-0.15, -0.1) is 0 Å². The first-order valence-corrected chi connectivity index (χ1v) is 7.47. The Labute approximate surface area is 131 Å². The van der Waals surface area contributed by atoms with E-state index in [2.05, 4.69) is 34.4 Å².